The predicted molar refractivity (Wildman–Crippen MR) is 47.8 cm³/mol. The number of hydrogen-bond donors (Lipinski definition) is 4. The van der Waals surface area contributed by atoms with Crippen molar-refractivity contribution in [1.29, 1.82) is 0 Å². The monoisotopic (exact) mass is 202 g/mol. The molecule has 0 aromatic carbocycles. The van der Waals surface area contributed by atoms with E-state index in [1.807, 2.05) is 10.0 Å². The van der Waals surface area contributed by atoms with Crippen molar-refractivity contribution < 1.29 is 9.59 Å². The number of hydrazine groups is 4. The first-order valence-corrected chi connectivity index (χ1v) is 4.26. The van der Waals surface area contributed by atoms with Crippen molar-refractivity contribution in [2.45, 2.75) is 0 Å². The average Bonchev–Trinajstić information content (AvgIpc) is 2.25. The number of piperazine rings is 1. The molecule has 0 aromatic heterocycles. The summed E-state index contributed by atoms with van der Waals surface area (Å²) in [6, 6.07) is 0. The zero-order valence-electron chi connectivity index (χ0n) is 7.69. The largest absolute Gasteiger partial charge is 0.280 e. The minimum absolute atomic E-state index is 0.582. The van der Waals surface area contributed by atoms with E-state index in [4.69, 9.17) is 0 Å². The third-order valence-corrected chi connectivity index (χ3v) is 1.84. The third-order valence-electron chi connectivity index (χ3n) is 1.84. The second kappa shape index (κ2) is 6.27. The lowest BCUT2D eigenvalue weighted by Crippen LogP contribution is -2.60. The van der Waals surface area contributed by atoms with E-state index in [2.05, 4.69) is 21.9 Å². The van der Waals surface area contributed by atoms with Crippen molar-refractivity contribution in [3.63, 3.8) is 0 Å². The van der Waals surface area contributed by atoms with Crippen molar-refractivity contribution in [1.82, 2.24) is 31.9 Å². The Morgan fingerprint density at radius 1 is 0.786 bits per heavy atom. The number of hydrogen-bond acceptors (Lipinski definition) is 6. The molecule has 0 radical (unpaired) electrons. The van der Waals surface area contributed by atoms with E-state index in [0.29, 0.717) is 12.8 Å². The van der Waals surface area contributed by atoms with Gasteiger partial charge in [-0.15, -0.1) is 0 Å². The van der Waals surface area contributed by atoms with Gasteiger partial charge in [0.15, 0.2) is 0 Å². The van der Waals surface area contributed by atoms with Crippen LogP contribution < -0.4 is 21.9 Å². The van der Waals surface area contributed by atoms with Crippen LogP contribution in [0, 0.1) is 0 Å². The maximum atomic E-state index is 9.98. The van der Waals surface area contributed by atoms with E-state index in [0.717, 1.165) is 26.2 Å². The van der Waals surface area contributed by atoms with E-state index in [9.17, 15) is 9.59 Å². The van der Waals surface area contributed by atoms with Gasteiger partial charge in [-0.3, -0.25) is 20.4 Å². The van der Waals surface area contributed by atoms with Gasteiger partial charge in [-0.25, -0.2) is 10.0 Å². The molecule has 80 valence electrons. The second-order valence-corrected chi connectivity index (χ2v) is 2.72. The highest BCUT2D eigenvalue weighted by Crippen LogP contribution is 1.93. The number of rotatable bonds is 6. The zero-order valence-corrected chi connectivity index (χ0v) is 7.69. The fourth-order valence-electron chi connectivity index (χ4n) is 1.17. The lowest BCUT2D eigenvalue weighted by Gasteiger charge is -2.33. The standard InChI is InChI=1S/C6H14N6O2/c13-5-7-9-11-1-2-12(4-3-11)10-8-6-14/h5-6,9-10H,1-4H2,(H,7,13)(H,8,14). The molecule has 2 amide bonds. The fraction of sp³-hybridized carbons (Fsp3) is 0.667. The molecule has 0 unspecified atom stereocenters. The van der Waals surface area contributed by atoms with E-state index >= 15 is 0 Å². The van der Waals surface area contributed by atoms with Gasteiger partial charge in [-0.1, -0.05) is 0 Å². The zero-order chi connectivity index (χ0) is 10.2. The number of carbonyl (C=O) groups is 2. The quantitative estimate of drug-likeness (QED) is 0.270. The molecular weight excluding hydrogens is 188 g/mol. The number of carbonyl (C=O) groups excluding carboxylic acids is 2. The summed E-state index contributed by atoms with van der Waals surface area (Å²) >= 11 is 0. The minimum atomic E-state index is 0.582. The normalized spacial score (nSPS) is 18.9. The average molecular weight is 202 g/mol. The summed E-state index contributed by atoms with van der Waals surface area (Å²) in [7, 11) is 0. The first-order valence-electron chi connectivity index (χ1n) is 4.26. The van der Waals surface area contributed by atoms with Gasteiger partial charge in [-0.05, 0) is 0 Å². The van der Waals surface area contributed by atoms with Crippen LogP contribution in [0.5, 0.6) is 0 Å². The van der Waals surface area contributed by atoms with Crippen LogP contribution in [0.25, 0.3) is 0 Å². The Morgan fingerprint density at radius 2 is 1.14 bits per heavy atom. The summed E-state index contributed by atoms with van der Waals surface area (Å²) in [5.74, 6) is 0. The van der Waals surface area contributed by atoms with Crippen LogP contribution in [0.1, 0.15) is 0 Å². The molecule has 0 bridgehead atoms. The fourth-order valence-corrected chi connectivity index (χ4v) is 1.17. The van der Waals surface area contributed by atoms with Crippen LogP contribution >= 0.6 is 0 Å². The molecule has 14 heavy (non-hydrogen) atoms. The molecule has 1 aliphatic rings. The molecule has 1 aliphatic heterocycles. The number of amides is 2. The van der Waals surface area contributed by atoms with E-state index in [-0.39, 0.29) is 0 Å². The van der Waals surface area contributed by atoms with Crippen molar-refractivity contribution in [3.8, 4) is 0 Å². The molecule has 8 nitrogen and oxygen atoms in total. The predicted octanol–water partition coefficient (Wildman–Crippen LogP) is -3.06. The third kappa shape index (κ3) is 3.66. The van der Waals surface area contributed by atoms with Crippen molar-refractivity contribution in [2.24, 2.45) is 0 Å². The second-order valence-electron chi connectivity index (χ2n) is 2.72. The summed E-state index contributed by atoms with van der Waals surface area (Å²) in [4.78, 5) is 20.0. The molecule has 0 aliphatic carbocycles. The molecule has 8 heteroatoms. The highest BCUT2D eigenvalue weighted by molar-refractivity contribution is 5.44. The van der Waals surface area contributed by atoms with Crippen LogP contribution in [0.4, 0.5) is 0 Å². The van der Waals surface area contributed by atoms with Crippen molar-refractivity contribution in [2.75, 3.05) is 26.2 Å². The van der Waals surface area contributed by atoms with Gasteiger partial charge in [0.2, 0.25) is 12.8 Å². The Labute approximate surface area is 81.5 Å². The summed E-state index contributed by atoms with van der Waals surface area (Å²) in [6.45, 7) is 2.98. The Hall–Kier alpha value is -1.22. The van der Waals surface area contributed by atoms with Crippen LogP contribution in [0.3, 0.4) is 0 Å². The molecule has 0 aromatic rings. The van der Waals surface area contributed by atoms with Crippen LogP contribution in [0.15, 0.2) is 0 Å². The lowest BCUT2D eigenvalue weighted by atomic mass is 10.4. The van der Waals surface area contributed by atoms with Gasteiger partial charge in [0.05, 0.1) is 0 Å². The topological polar surface area (TPSA) is 88.7 Å². The SMILES string of the molecule is O=CNNN1CCN(NNC=O)CC1. The molecule has 1 rings (SSSR count). The first-order chi connectivity index (χ1) is 6.86. The Kier molecular flexibility index (Phi) is 4.86. The molecular formula is C6H14N6O2. The van der Waals surface area contributed by atoms with Gasteiger partial charge in [0.1, 0.15) is 0 Å². The molecule has 0 saturated carbocycles. The van der Waals surface area contributed by atoms with Gasteiger partial charge in [0, 0.05) is 26.2 Å². The lowest BCUT2D eigenvalue weighted by molar-refractivity contribution is -0.114. The van der Waals surface area contributed by atoms with Crippen LogP contribution in [-0.2, 0) is 9.59 Å². The Bertz CT molecular complexity index is 161. The summed E-state index contributed by atoms with van der Waals surface area (Å²) in [5.41, 5.74) is 10.2. The van der Waals surface area contributed by atoms with E-state index < -0.39 is 0 Å². The van der Waals surface area contributed by atoms with Crippen molar-refractivity contribution >= 4 is 12.8 Å². The number of nitrogens with zero attached hydrogens (tertiary/aromatic N) is 2. The van der Waals surface area contributed by atoms with Crippen LogP contribution in [0.2, 0.25) is 0 Å². The summed E-state index contributed by atoms with van der Waals surface area (Å²) in [6.07, 6.45) is 1.16. The molecule has 4 N–H and O–H groups in total. The van der Waals surface area contributed by atoms with Gasteiger partial charge < -0.3 is 0 Å². The number of nitrogens with one attached hydrogen (secondary N) is 4. The van der Waals surface area contributed by atoms with E-state index in [1.54, 1.807) is 0 Å². The van der Waals surface area contributed by atoms with Gasteiger partial charge in [0.25, 0.3) is 0 Å². The molecule has 0 atom stereocenters. The molecule has 1 fully saturated rings. The Morgan fingerprint density at radius 3 is 1.43 bits per heavy atom. The molecule has 1 saturated heterocycles. The highest BCUT2D eigenvalue weighted by atomic mass is 16.1. The van der Waals surface area contributed by atoms with Gasteiger partial charge >= 0.3 is 0 Å². The minimum Gasteiger partial charge on any atom is -0.280 e. The van der Waals surface area contributed by atoms with E-state index in [1.165, 1.54) is 0 Å². The van der Waals surface area contributed by atoms with Gasteiger partial charge in [-0.2, -0.15) is 11.1 Å². The van der Waals surface area contributed by atoms with Crippen LogP contribution in [-0.4, -0.2) is 49.0 Å². The van der Waals surface area contributed by atoms with Crippen molar-refractivity contribution in [3.05, 3.63) is 0 Å². The Balaban J connectivity index is 2.10. The summed E-state index contributed by atoms with van der Waals surface area (Å²) in [5, 5.41) is 3.74. The summed E-state index contributed by atoms with van der Waals surface area (Å²) < 4.78 is 0. The molecule has 1 heterocycles. The maximum absolute atomic E-state index is 9.98. The molecule has 0 spiro atoms. The smallest absolute Gasteiger partial charge is 0.222 e. The highest BCUT2D eigenvalue weighted by Gasteiger charge is 2.15. The first kappa shape index (κ1) is 10.9. The maximum Gasteiger partial charge on any atom is 0.222 e.